The van der Waals surface area contributed by atoms with Crippen molar-refractivity contribution in [3.8, 4) is 5.88 Å². The summed E-state index contributed by atoms with van der Waals surface area (Å²) in [5, 5.41) is 2.09. The first-order valence-corrected chi connectivity index (χ1v) is 6.80. The lowest BCUT2D eigenvalue weighted by Crippen LogP contribution is -2.40. The maximum absolute atomic E-state index is 5.88. The van der Waals surface area contributed by atoms with Crippen LogP contribution in [0.2, 0.25) is 0 Å². The zero-order valence-corrected chi connectivity index (χ0v) is 11.0. The van der Waals surface area contributed by atoms with E-state index in [1.165, 1.54) is 12.8 Å². The summed E-state index contributed by atoms with van der Waals surface area (Å²) in [4.78, 5) is 4.43. The van der Waals surface area contributed by atoms with Gasteiger partial charge >= 0.3 is 0 Å². The molecule has 2 aliphatic rings. The van der Waals surface area contributed by atoms with Crippen molar-refractivity contribution in [1.29, 1.82) is 0 Å². The molecule has 19 heavy (non-hydrogen) atoms. The number of anilines is 2. The Hall–Kier alpha value is -1.53. The van der Waals surface area contributed by atoms with Gasteiger partial charge in [-0.15, -0.1) is 0 Å². The van der Waals surface area contributed by atoms with E-state index in [1.54, 1.807) is 0 Å². The SMILES string of the molecule is Nc1ccc(NN2CCOCC2)nc1OCC1CC1. The van der Waals surface area contributed by atoms with E-state index in [0.717, 1.165) is 38.7 Å². The second kappa shape index (κ2) is 5.63. The van der Waals surface area contributed by atoms with Gasteiger partial charge in [0, 0.05) is 13.1 Å². The van der Waals surface area contributed by atoms with E-state index in [0.29, 0.717) is 17.5 Å². The number of nitrogens with one attached hydrogen (secondary N) is 1. The molecule has 2 fully saturated rings. The van der Waals surface area contributed by atoms with Crippen molar-refractivity contribution in [3.63, 3.8) is 0 Å². The van der Waals surface area contributed by atoms with E-state index >= 15 is 0 Å². The van der Waals surface area contributed by atoms with Crippen LogP contribution in [-0.4, -0.2) is 42.9 Å². The lowest BCUT2D eigenvalue weighted by atomic mass is 10.4. The highest BCUT2D eigenvalue weighted by atomic mass is 16.5. The molecule has 3 rings (SSSR count). The van der Waals surface area contributed by atoms with Crippen LogP contribution in [0.4, 0.5) is 11.5 Å². The third-order valence-electron chi connectivity index (χ3n) is 3.33. The summed E-state index contributed by atoms with van der Waals surface area (Å²) in [6, 6.07) is 3.70. The Morgan fingerprint density at radius 2 is 2.16 bits per heavy atom. The molecule has 1 aliphatic carbocycles. The van der Waals surface area contributed by atoms with Crippen LogP contribution in [-0.2, 0) is 4.74 Å². The summed E-state index contributed by atoms with van der Waals surface area (Å²) in [5.74, 6) is 1.99. The summed E-state index contributed by atoms with van der Waals surface area (Å²) in [6.07, 6.45) is 2.51. The summed E-state index contributed by atoms with van der Waals surface area (Å²) < 4.78 is 11.0. The van der Waals surface area contributed by atoms with Crippen molar-refractivity contribution in [2.75, 3.05) is 44.1 Å². The van der Waals surface area contributed by atoms with Gasteiger partial charge in [0.2, 0.25) is 5.88 Å². The minimum absolute atomic E-state index is 0.533. The smallest absolute Gasteiger partial charge is 0.239 e. The van der Waals surface area contributed by atoms with Gasteiger partial charge in [-0.25, -0.2) is 5.01 Å². The quantitative estimate of drug-likeness (QED) is 0.830. The van der Waals surface area contributed by atoms with Gasteiger partial charge < -0.3 is 20.6 Å². The second-order valence-corrected chi connectivity index (χ2v) is 5.06. The van der Waals surface area contributed by atoms with Crippen LogP contribution in [0, 0.1) is 5.92 Å². The van der Waals surface area contributed by atoms with E-state index in [2.05, 4.69) is 15.4 Å². The third kappa shape index (κ3) is 3.48. The number of hydrogen-bond acceptors (Lipinski definition) is 6. The van der Waals surface area contributed by atoms with Gasteiger partial charge in [0.05, 0.1) is 25.5 Å². The number of rotatable bonds is 5. The van der Waals surface area contributed by atoms with Crippen LogP contribution < -0.4 is 15.9 Å². The molecule has 6 nitrogen and oxygen atoms in total. The number of hydrazine groups is 1. The lowest BCUT2D eigenvalue weighted by molar-refractivity contribution is 0.0494. The maximum atomic E-state index is 5.88. The second-order valence-electron chi connectivity index (χ2n) is 5.06. The topological polar surface area (TPSA) is 72.6 Å². The Labute approximate surface area is 112 Å². The number of nitrogens with two attached hydrogens (primary N) is 1. The molecule has 0 radical (unpaired) electrons. The minimum Gasteiger partial charge on any atom is -0.476 e. The molecule has 0 aromatic carbocycles. The van der Waals surface area contributed by atoms with Gasteiger partial charge in [-0.2, -0.15) is 4.98 Å². The summed E-state index contributed by atoms with van der Waals surface area (Å²) in [6.45, 7) is 3.91. The Kier molecular flexibility index (Phi) is 3.70. The number of nitrogens with zero attached hydrogens (tertiary/aromatic N) is 2. The standard InChI is InChI=1S/C13H20N4O2/c14-11-3-4-12(16-17-5-7-18-8-6-17)15-13(11)19-9-10-1-2-10/h3-4,10H,1-2,5-9,14H2,(H,15,16). The van der Waals surface area contributed by atoms with E-state index in [4.69, 9.17) is 15.2 Å². The highest BCUT2D eigenvalue weighted by Gasteiger charge is 2.22. The molecular formula is C13H20N4O2. The fraction of sp³-hybridized carbons (Fsp3) is 0.615. The summed E-state index contributed by atoms with van der Waals surface area (Å²) in [5.41, 5.74) is 9.73. The normalized spacial score (nSPS) is 20.2. The number of aromatic nitrogens is 1. The number of nitrogen functional groups attached to an aromatic ring is 1. The molecule has 0 bridgehead atoms. The minimum atomic E-state index is 0.533. The van der Waals surface area contributed by atoms with Crippen LogP contribution in [0.5, 0.6) is 5.88 Å². The molecule has 0 spiro atoms. The van der Waals surface area contributed by atoms with Gasteiger partial charge in [-0.3, -0.25) is 0 Å². The van der Waals surface area contributed by atoms with Crippen LogP contribution >= 0.6 is 0 Å². The van der Waals surface area contributed by atoms with E-state index in [-0.39, 0.29) is 0 Å². The molecule has 1 aromatic heterocycles. The van der Waals surface area contributed by atoms with Gasteiger partial charge in [0.25, 0.3) is 0 Å². The van der Waals surface area contributed by atoms with Crippen molar-refractivity contribution in [1.82, 2.24) is 9.99 Å². The van der Waals surface area contributed by atoms with Crippen molar-refractivity contribution in [2.45, 2.75) is 12.8 Å². The molecule has 0 amide bonds. The average molecular weight is 264 g/mol. The highest BCUT2D eigenvalue weighted by molar-refractivity contribution is 5.53. The van der Waals surface area contributed by atoms with E-state index < -0.39 is 0 Å². The molecule has 1 saturated heterocycles. The maximum Gasteiger partial charge on any atom is 0.239 e. The van der Waals surface area contributed by atoms with Crippen LogP contribution in [0.1, 0.15) is 12.8 Å². The molecule has 2 heterocycles. The predicted molar refractivity (Wildman–Crippen MR) is 72.9 cm³/mol. The molecule has 1 aliphatic heterocycles. The zero-order chi connectivity index (χ0) is 13.1. The molecule has 6 heteroatoms. The Morgan fingerprint density at radius 3 is 2.89 bits per heavy atom. The van der Waals surface area contributed by atoms with Crippen LogP contribution in [0.15, 0.2) is 12.1 Å². The first kappa shape index (κ1) is 12.5. The van der Waals surface area contributed by atoms with E-state index in [9.17, 15) is 0 Å². The number of pyridine rings is 1. The van der Waals surface area contributed by atoms with Gasteiger partial charge in [-0.1, -0.05) is 0 Å². The summed E-state index contributed by atoms with van der Waals surface area (Å²) in [7, 11) is 0. The van der Waals surface area contributed by atoms with E-state index in [1.807, 2.05) is 12.1 Å². The fourth-order valence-corrected chi connectivity index (χ4v) is 1.95. The van der Waals surface area contributed by atoms with Gasteiger partial charge in [0.1, 0.15) is 5.82 Å². The molecule has 3 N–H and O–H groups in total. The number of ether oxygens (including phenoxy) is 2. The van der Waals surface area contributed by atoms with Crippen molar-refractivity contribution < 1.29 is 9.47 Å². The molecule has 0 atom stereocenters. The monoisotopic (exact) mass is 264 g/mol. The molecule has 1 aromatic rings. The molecule has 1 saturated carbocycles. The van der Waals surface area contributed by atoms with Crippen LogP contribution in [0.25, 0.3) is 0 Å². The van der Waals surface area contributed by atoms with Gasteiger partial charge in [0.15, 0.2) is 0 Å². The molecule has 0 unspecified atom stereocenters. The van der Waals surface area contributed by atoms with Crippen molar-refractivity contribution >= 4 is 11.5 Å². The fourth-order valence-electron chi connectivity index (χ4n) is 1.95. The third-order valence-corrected chi connectivity index (χ3v) is 3.33. The molecule has 104 valence electrons. The highest BCUT2D eigenvalue weighted by Crippen LogP contribution is 2.30. The van der Waals surface area contributed by atoms with Gasteiger partial charge in [-0.05, 0) is 30.9 Å². The first-order valence-electron chi connectivity index (χ1n) is 6.80. The van der Waals surface area contributed by atoms with Crippen molar-refractivity contribution in [3.05, 3.63) is 12.1 Å². The van der Waals surface area contributed by atoms with Crippen molar-refractivity contribution in [2.24, 2.45) is 5.92 Å². The number of hydrogen-bond donors (Lipinski definition) is 2. The molecular weight excluding hydrogens is 244 g/mol. The average Bonchev–Trinajstić information content (AvgIpc) is 3.25. The largest absolute Gasteiger partial charge is 0.476 e. The predicted octanol–water partition coefficient (Wildman–Crippen LogP) is 1.11. The Balaban J connectivity index is 1.61. The lowest BCUT2D eigenvalue weighted by Gasteiger charge is -2.27. The van der Waals surface area contributed by atoms with Crippen LogP contribution in [0.3, 0.4) is 0 Å². The first-order chi connectivity index (χ1) is 9.31. The number of morpholine rings is 1. The Bertz CT molecular complexity index is 431. The zero-order valence-electron chi connectivity index (χ0n) is 11.0. The summed E-state index contributed by atoms with van der Waals surface area (Å²) >= 11 is 0. The Morgan fingerprint density at radius 1 is 1.37 bits per heavy atom.